The van der Waals surface area contributed by atoms with Crippen molar-refractivity contribution in [2.24, 2.45) is 0 Å². The molecule has 0 atom stereocenters. The molecule has 0 amide bonds. The monoisotopic (exact) mass is 351 g/mol. The van der Waals surface area contributed by atoms with Crippen LogP contribution < -0.4 is 0 Å². The van der Waals surface area contributed by atoms with E-state index in [0.29, 0.717) is 0 Å². The molecule has 0 aliphatic rings. The van der Waals surface area contributed by atoms with E-state index in [9.17, 15) is 13.2 Å². The first-order valence-electron chi connectivity index (χ1n) is 5.61. The maximum absolute atomic E-state index is 12.3. The van der Waals surface area contributed by atoms with Crippen molar-refractivity contribution in [3.05, 3.63) is 28.1 Å². The lowest BCUT2D eigenvalue weighted by atomic mass is 10.2. The van der Waals surface area contributed by atoms with Crippen LogP contribution in [-0.2, 0) is 14.8 Å². The molecule has 0 fully saturated rings. The van der Waals surface area contributed by atoms with E-state index in [1.165, 1.54) is 27.3 Å². The van der Waals surface area contributed by atoms with Crippen LogP contribution in [0.4, 0.5) is 0 Å². The number of furan rings is 1. The summed E-state index contributed by atoms with van der Waals surface area (Å²) >= 11 is 12.0. The quantitative estimate of drug-likeness (QED) is 0.794. The first-order valence-corrected chi connectivity index (χ1v) is 7.81. The van der Waals surface area contributed by atoms with Gasteiger partial charge in [-0.1, -0.05) is 23.2 Å². The maximum atomic E-state index is 12.3. The largest absolute Gasteiger partial charge is 0.463 e. The second kappa shape index (κ2) is 5.49. The minimum Gasteiger partial charge on any atom is -0.463 e. The topological polar surface area (TPSA) is 76.8 Å². The lowest BCUT2D eigenvalue weighted by molar-refractivity contribution is 0.0568. The first-order chi connectivity index (χ1) is 9.71. The van der Waals surface area contributed by atoms with Crippen molar-refractivity contribution in [3.8, 4) is 0 Å². The zero-order chi connectivity index (χ0) is 15.9. The van der Waals surface area contributed by atoms with Crippen LogP contribution in [0.5, 0.6) is 0 Å². The molecule has 1 aromatic heterocycles. The Morgan fingerprint density at radius 3 is 2.48 bits per heavy atom. The molecule has 0 spiro atoms. The molecule has 6 nitrogen and oxygen atoms in total. The third-order valence-corrected chi connectivity index (χ3v) is 5.52. The van der Waals surface area contributed by atoms with Crippen LogP contribution in [0.15, 0.2) is 21.6 Å². The summed E-state index contributed by atoms with van der Waals surface area (Å²) in [7, 11) is 0.149. The van der Waals surface area contributed by atoms with Gasteiger partial charge in [-0.25, -0.2) is 17.5 Å². The molecule has 0 bridgehead atoms. The van der Waals surface area contributed by atoms with E-state index in [0.717, 1.165) is 10.6 Å². The van der Waals surface area contributed by atoms with Gasteiger partial charge in [-0.15, -0.1) is 0 Å². The first kappa shape index (κ1) is 16.1. The standard InChI is InChI=1S/C12H11Cl2NO5S/c1-15(2)21(17,18)8-4-7(13)10(14)9-6(8)5-20-11(9)12(16)19-3/h4-5H,1-3H3. The minimum absolute atomic E-state index is 0.00357. The number of methoxy groups -OCH3 is 1. The van der Waals surface area contributed by atoms with E-state index < -0.39 is 16.0 Å². The molecule has 2 rings (SSSR count). The van der Waals surface area contributed by atoms with Crippen LogP contribution in [0.2, 0.25) is 10.0 Å². The summed E-state index contributed by atoms with van der Waals surface area (Å²) in [6.45, 7) is 0. The van der Waals surface area contributed by atoms with Crippen LogP contribution in [0, 0.1) is 0 Å². The number of fused-ring (bicyclic) bond motifs is 1. The Balaban J connectivity index is 2.92. The summed E-state index contributed by atoms with van der Waals surface area (Å²) in [6, 6.07) is 1.22. The highest BCUT2D eigenvalue weighted by atomic mass is 35.5. The van der Waals surface area contributed by atoms with Gasteiger partial charge in [0, 0.05) is 19.5 Å². The van der Waals surface area contributed by atoms with Crippen molar-refractivity contribution in [1.82, 2.24) is 4.31 Å². The Kier molecular flexibility index (Phi) is 4.21. The van der Waals surface area contributed by atoms with E-state index in [1.54, 1.807) is 0 Å². The lowest BCUT2D eigenvalue weighted by Crippen LogP contribution is -2.22. The number of ether oxygens (including phenoxy) is 1. The molecule has 0 saturated carbocycles. The van der Waals surface area contributed by atoms with E-state index in [-0.39, 0.29) is 31.5 Å². The number of benzene rings is 1. The second-order valence-corrected chi connectivity index (χ2v) is 7.21. The number of rotatable bonds is 3. The summed E-state index contributed by atoms with van der Waals surface area (Å²) in [4.78, 5) is 11.6. The van der Waals surface area contributed by atoms with E-state index in [4.69, 9.17) is 27.6 Å². The minimum atomic E-state index is -3.78. The molecule has 2 aromatic rings. The van der Waals surface area contributed by atoms with Crippen molar-refractivity contribution >= 4 is 50.0 Å². The summed E-state index contributed by atoms with van der Waals surface area (Å²) in [5, 5.41) is 0.296. The molecule has 0 unspecified atom stereocenters. The molecular weight excluding hydrogens is 341 g/mol. The predicted octanol–water partition coefficient (Wildman–Crippen LogP) is 2.78. The van der Waals surface area contributed by atoms with Crippen molar-refractivity contribution in [1.29, 1.82) is 0 Å². The van der Waals surface area contributed by atoms with Crippen LogP contribution in [-0.4, -0.2) is 39.9 Å². The van der Waals surface area contributed by atoms with Crippen LogP contribution >= 0.6 is 23.2 Å². The second-order valence-electron chi connectivity index (χ2n) is 4.30. The number of hydrogen-bond acceptors (Lipinski definition) is 5. The fourth-order valence-electron chi connectivity index (χ4n) is 1.79. The smallest absolute Gasteiger partial charge is 0.374 e. The molecule has 0 saturated heterocycles. The molecule has 0 aliphatic carbocycles. The van der Waals surface area contributed by atoms with Gasteiger partial charge in [0.25, 0.3) is 0 Å². The number of nitrogens with zero attached hydrogens (tertiary/aromatic N) is 1. The van der Waals surface area contributed by atoms with Crippen LogP contribution in [0.25, 0.3) is 10.8 Å². The molecular formula is C12H11Cl2NO5S. The Morgan fingerprint density at radius 1 is 1.33 bits per heavy atom. The number of sulfonamides is 1. The Hall–Kier alpha value is -1.28. The number of hydrogen-bond donors (Lipinski definition) is 0. The number of carbonyl (C=O) groups excluding carboxylic acids is 1. The van der Waals surface area contributed by atoms with Gasteiger partial charge in [-0.3, -0.25) is 0 Å². The van der Waals surface area contributed by atoms with Gasteiger partial charge < -0.3 is 9.15 Å². The highest BCUT2D eigenvalue weighted by Crippen LogP contribution is 2.39. The van der Waals surface area contributed by atoms with Gasteiger partial charge in [-0.2, -0.15) is 0 Å². The van der Waals surface area contributed by atoms with Crippen molar-refractivity contribution in [2.75, 3.05) is 21.2 Å². The third kappa shape index (κ3) is 2.50. The van der Waals surface area contributed by atoms with Gasteiger partial charge in [0.05, 0.1) is 27.4 Å². The lowest BCUT2D eigenvalue weighted by Gasteiger charge is -2.13. The van der Waals surface area contributed by atoms with Crippen molar-refractivity contribution < 1.29 is 22.4 Å². The predicted molar refractivity (Wildman–Crippen MR) is 78.4 cm³/mol. The average molecular weight is 352 g/mol. The Morgan fingerprint density at radius 2 is 1.95 bits per heavy atom. The summed E-state index contributed by atoms with van der Waals surface area (Å²) in [5.74, 6) is -0.974. The molecule has 9 heteroatoms. The highest BCUT2D eigenvalue weighted by molar-refractivity contribution is 7.89. The number of esters is 1. The van der Waals surface area contributed by atoms with Crippen LogP contribution in [0.3, 0.4) is 0 Å². The fourth-order valence-corrected chi connectivity index (χ4v) is 3.38. The molecule has 0 N–H and O–H groups in total. The third-order valence-electron chi connectivity index (χ3n) is 2.87. The van der Waals surface area contributed by atoms with Gasteiger partial charge in [0.15, 0.2) is 0 Å². The van der Waals surface area contributed by atoms with E-state index in [2.05, 4.69) is 4.74 Å². The molecule has 114 valence electrons. The summed E-state index contributed by atoms with van der Waals surface area (Å²) < 4.78 is 35.4. The molecule has 1 aromatic carbocycles. The van der Waals surface area contributed by atoms with E-state index >= 15 is 0 Å². The fraction of sp³-hybridized carbons (Fsp3) is 0.250. The Labute approximate surface area is 131 Å². The summed E-state index contributed by atoms with van der Waals surface area (Å²) in [5.41, 5.74) is 0. The maximum Gasteiger partial charge on any atom is 0.374 e. The zero-order valence-electron chi connectivity index (χ0n) is 11.3. The van der Waals surface area contributed by atoms with Crippen molar-refractivity contribution in [2.45, 2.75) is 4.90 Å². The normalized spacial score (nSPS) is 12.1. The molecule has 0 aliphatic heterocycles. The molecule has 0 radical (unpaired) electrons. The molecule has 1 heterocycles. The van der Waals surface area contributed by atoms with Crippen molar-refractivity contribution in [3.63, 3.8) is 0 Å². The Bertz CT molecular complexity index is 826. The van der Waals surface area contributed by atoms with Gasteiger partial charge >= 0.3 is 5.97 Å². The van der Waals surface area contributed by atoms with Crippen LogP contribution in [0.1, 0.15) is 10.6 Å². The number of halogens is 2. The average Bonchev–Trinajstić information content (AvgIpc) is 2.86. The van der Waals surface area contributed by atoms with Gasteiger partial charge in [-0.05, 0) is 6.07 Å². The van der Waals surface area contributed by atoms with E-state index in [1.807, 2.05) is 0 Å². The van der Waals surface area contributed by atoms with Gasteiger partial charge in [0.1, 0.15) is 6.26 Å². The zero-order valence-corrected chi connectivity index (χ0v) is 13.6. The SMILES string of the molecule is COC(=O)c1occ2c(S(=O)(=O)N(C)C)cc(Cl)c(Cl)c12. The number of carbonyl (C=O) groups is 1. The summed E-state index contributed by atoms with van der Waals surface area (Å²) in [6.07, 6.45) is 1.14. The molecule has 21 heavy (non-hydrogen) atoms. The highest BCUT2D eigenvalue weighted by Gasteiger charge is 2.28. The van der Waals surface area contributed by atoms with Gasteiger partial charge in [0.2, 0.25) is 15.8 Å².